The summed E-state index contributed by atoms with van der Waals surface area (Å²) in [5.41, 5.74) is 0.712. The van der Waals surface area contributed by atoms with Gasteiger partial charge in [0.25, 0.3) is 11.5 Å². The highest BCUT2D eigenvalue weighted by Gasteiger charge is 2.28. The SMILES string of the molecule is CCn1c(=O)cc(OCC(=O)NC2CCCC(C)C2C)c2ccccc21. The second-order valence-electron chi connectivity index (χ2n) is 7.34. The Bertz CT molecular complexity index is 843. The highest BCUT2D eigenvalue weighted by Crippen LogP contribution is 2.29. The Morgan fingerprint density at radius 1 is 1.27 bits per heavy atom. The summed E-state index contributed by atoms with van der Waals surface area (Å²) in [5, 5.41) is 3.96. The van der Waals surface area contributed by atoms with Gasteiger partial charge in [-0.25, -0.2) is 0 Å². The van der Waals surface area contributed by atoms with Crippen LogP contribution in [0.1, 0.15) is 40.0 Å². The van der Waals surface area contributed by atoms with Gasteiger partial charge in [-0.05, 0) is 37.3 Å². The predicted molar refractivity (Wildman–Crippen MR) is 103 cm³/mol. The molecule has 1 saturated carbocycles. The van der Waals surface area contributed by atoms with E-state index in [4.69, 9.17) is 4.74 Å². The lowest BCUT2D eigenvalue weighted by atomic mass is 9.78. The van der Waals surface area contributed by atoms with Crippen LogP contribution in [0, 0.1) is 11.8 Å². The largest absolute Gasteiger partial charge is 0.483 e. The molecule has 0 aliphatic heterocycles. The Morgan fingerprint density at radius 3 is 2.81 bits per heavy atom. The van der Waals surface area contributed by atoms with E-state index in [1.54, 1.807) is 4.57 Å². The fraction of sp³-hybridized carbons (Fsp3) is 0.524. The minimum atomic E-state index is -0.125. The lowest BCUT2D eigenvalue weighted by Crippen LogP contribution is -2.45. The van der Waals surface area contributed by atoms with Crippen molar-refractivity contribution in [3.05, 3.63) is 40.7 Å². The molecule has 3 atom stereocenters. The van der Waals surface area contributed by atoms with E-state index in [0.717, 1.165) is 23.7 Å². The van der Waals surface area contributed by atoms with Gasteiger partial charge in [0.15, 0.2) is 6.61 Å². The fourth-order valence-corrected chi connectivity index (χ4v) is 3.93. The molecule has 1 aromatic heterocycles. The summed E-state index contributed by atoms with van der Waals surface area (Å²) in [5.74, 6) is 1.44. The Hall–Kier alpha value is -2.30. The maximum absolute atomic E-state index is 12.4. The number of nitrogens with zero attached hydrogens (tertiary/aromatic N) is 1. The zero-order valence-corrected chi connectivity index (χ0v) is 15.8. The molecule has 0 bridgehead atoms. The molecule has 1 amide bonds. The highest BCUT2D eigenvalue weighted by atomic mass is 16.5. The van der Waals surface area contributed by atoms with Crippen molar-refractivity contribution in [1.82, 2.24) is 9.88 Å². The molecule has 1 aromatic carbocycles. The third kappa shape index (κ3) is 3.76. The van der Waals surface area contributed by atoms with Gasteiger partial charge in [-0.2, -0.15) is 0 Å². The van der Waals surface area contributed by atoms with Crippen molar-refractivity contribution in [2.24, 2.45) is 11.8 Å². The Kier molecular flexibility index (Phi) is 5.64. The molecule has 26 heavy (non-hydrogen) atoms. The van der Waals surface area contributed by atoms with Gasteiger partial charge >= 0.3 is 0 Å². The van der Waals surface area contributed by atoms with Crippen molar-refractivity contribution in [2.45, 2.75) is 52.6 Å². The third-order valence-electron chi connectivity index (χ3n) is 5.71. The van der Waals surface area contributed by atoms with E-state index in [1.165, 1.54) is 12.5 Å². The van der Waals surface area contributed by atoms with Crippen molar-refractivity contribution >= 4 is 16.8 Å². The van der Waals surface area contributed by atoms with E-state index in [-0.39, 0.29) is 24.1 Å². The first-order chi connectivity index (χ1) is 12.5. The van der Waals surface area contributed by atoms with E-state index in [2.05, 4.69) is 19.2 Å². The normalized spacial score (nSPS) is 23.0. The first-order valence-corrected chi connectivity index (χ1v) is 9.56. The number of benzene rings is 1. The van der Waals surface area contributed by atoms with Crippen LogP contribution in [0.5, 0.6) is 5.75 Å². The summed E-state index contributed by atoms with van der Waals surface area (Å²) in [6.07, 6.45) is 3.40. The van der Waals surface area contributed by atoms with Crippen LogP contribution in [0.15, 0.2) is 35.1 Å². The molecule has 1 N–H and O–H groups in total. The predicted octanol–water partition coefficient (Wildman–Crippen LogP) is 3.34. The van der Waals surface area contributed by atoms with E-state index < -0.39 is 0 Å². The summed E-state index contributed by atoms with van der Waals surface area (Å²) < 4.78 is 7.44. The summed E-state index contributed by atoms with van der Waals surface area (Å²) in [4.78, 5) is 24.7. The highest BCUT2D eigenvalue weighted by molar-refractivity contribution is 5.86. The molecule has 1 fully saturated rings. The quantitative estimate of drug-likeness (QED) is 0.894. The molecule has 140 valence electrons. The van der Waals surface area contributed by atoms with Crippen LogP contribution in [0.3, 0.4) is 0 Å². The number of hydrogen-bond acceptors (Lipinski definition) is 3. The van der Waals surface area contributed by atoms with E-state index >= 15 is 0 Å². The molecule has 0 radical (unpaired) electrons. The van der Waals surface area contributed by atoms with Gasteiger partial charge in [0.2, 0.25) is 0 Å². The molecule has 2 aromatic rings. The number of pyridine rings is 1. The number of aromatic nitrogens is 1. The van der Waals surface area contributed by atoms with Crippen LogP contribution in [0.4, 0.5) is 0 Å². The smallest absolute Gasteiger partial charge is 0.258 e. The molecule has 3 rings (SSSR count). The van der Waals surface area contributed by atoms with Crippen molar-refractivity contribution in [3.8, 4) is 5.75 Å². The van der Waals surface area contributed by atoms with Crippen molar-refractivity contribution in [2.75, 3.05) is 6.61 Å². The number of fused-ring (bicyclic) bond motifs is 1. The number of amides is 1. The van der Waals surface area contributed by atoms with Crippen LogP contribution in [0.2, 0.25) is 0 Å². The van der Waals surface area contributed by atoms with E-state index in [0.29, 0.717) is 24.1 Å². The maximum atomic E-state index is 12.4. The molecule has 1 aliphatic rings. The zero-order chi connectivity index (χ0) is 18.7. The number of ether oxygens (including phenoxy) is 1. The molecular formula is C21H28N2O3. The van der Waals surface area contributed by atoms with Gasteiger partial charge < -0.3 is 14.6 Å². The Balaban J connectivity index is 1.72. The molecule has 1 heterocycles. The lowest BCUT2D eigenvalue weighted by molar-refractivity contribution is -0.124. The molecular weight excluding hydrogens is 328 g/mol. The number of hydrogen-bond donors (Lipinski definition) is 1. The molecule has 5 nitrogen and oxygen atoms in total. The van der Waals surface area contributed by atoms with Crippen LogP contribution >= 0.6 is 0 Å². The minimum absolute atomic E-state index is 0.0722. The average molecular weight is 356 g/mol. The number of carbonyl (C=O) groups is 1. The number of carbonyl (C=O) groups excluding carboxylic acids is 1. The average Bonchev–Trinajstić information content (AvgIpc) is 2.63. The van der Waals surface area contributed by atoms with Crippen molar-refractivity contribution < 1.29 is 9.53 Å². The van der Waals surface area contributed by atoms with Crippen LogP contribution in [-0.4, -0.2) is 23.1 Å². The summed E-state index contributed by atoms with van der Waals surface area (Å²) in [6, 6.07) is 9.31. The van der Waals surface area contributed by atoms with Crippen molar-refractivity contribution in [1.29, 1.82) is 0 Å². The molecule has 5 heteroatoms. The summed E-state index contributed by atoms with van der Waals surface area (Å²) in [6.45, 7) is 6.91. The zero-order valence-electron chi connectivity index (χ0n) is 15.8. The molecule has 0 saturated heterocycles. The van der Waals surface area contributed by atoms with Gasteiger partial charge in [0.05, 0.1) is 5.52 Å². The Labute approximate surface area is 154 Å². The van der Waals surface area contributed by atoms with Crippen LogP contribution in [0.25, 0.3) is 10.9 Å². The summed E-state index contributed by atoms with van der Waals surface area (Å²) in [7, 11) is 0. The lowest BCUT2D eigenvalue weighted by Gasteiger charge is -2.34. The topological polar surface area (TPSA) is 60.3 Å². The van der Waals surface area contributed by atoms with Gasteiger partial charge in [0, 0.05) is 24.0 Å². The molecule has 0 spiro atoms. The number of para-hydroxylation sites is 1. The van der Waals surface area contributed by atoms with E-state index in [9.17, 15) is 9.59 Å². The molecule has 1 aliphatic carbocycles. The monoisotopic (exact) mass is 356 g/mol. The van der Waals surface area contributed by atoms with Gasteiger partial charge in [0.1, 0.15) is 5.75 Å². The van der Waals surface area contributed by atoms with Crippen LogP contribution < -0.4 is 15.6 Å². The van der Waals surface area contributed by atoms with Crippen LogP contribution in [-0.2, 0) is 11.3 Å². The first kappa shape index (κ1) is 18.5. The summed E-state index contributed by atoms with van der Waals surface area (Å²) >= 11 is 0. The van der Waals surface area contributed by atoms with Gasteiger partial charge in [-0.1, -0.05) is 38.8 Å². The third-order valence-corrected chi connectivity index (χ3v) is 5.71. The first-order valence-electron chi connectivity index (χ1n) is 9.56. The Morgan fingerprint density at radius 2 is 2.04 bits per heavy atom. The van der Waals surface area contributed by atoms with Gasteiger partial charge in [-0.3, -0.25) is 9.59 Å². The fourth-order valence-electron chi connectivity index (χ4n) is 3.93. The van der Waals surface area contributed by atoms with Gasteiger partial charge in [-0.15, -0.1) is 0 Å². The second kappa shape index (κ2) is 7.94. The minimum Gasteiger partial charge on any atom is -0.483 e. The second-order valence-corrected chi connectivity index (χ2v) is 7.34. The molecule has 3 unspecified atom stereocenters. The van der Waals surface area contributed by atoms with Crippen molar-refractivity contribution in [3.63, 3.8) is 0 Å². The number of rotatable bonds is 5. The number of aryl methyl sites for hydroxylation is 1. The van der Waals surface area contributed by atoms with E-state index in [1.807, 2.05) is 31.2 Å². The standard InChI is InChI=1S/C21H28N2O3/c1-4-23-18-11-6-5-9-16(18)19(12-21(23)25)26-13-20(24)22-17-10-7-8-14(2)15(17)3/h5-6,9,11-12,14-15,17H,4,7-8,10,13H2,1-3H3,(H,22,24). The number of nitrogens with one attached hydrogen (secondary N) is 1. The maximum Gasteiger partial charge on any atom is 0.258 e.